The molecule has 19 heavy (non-hydrogen) atoms. The van der Waals surface area contributed by atoms with Crippen LogP contribution in [0.5, 0.6) is 0 Å². The average Bonchev–Trinajstić information content (AvgIpc) is 2.46. The summed E-state index contributed by atoms with van der Waals surface area (Å²) in [4.78, 5) is 19.0. The maximum absolute atomic E-state index is 12.5. The maximum atomic E-state index is 12.5. The lowest BCUT2D eigenvalue weighted by atomic mass is 10.0. The highest BCUT2D eigenvalue weighted by molar-refractivity contribution is 5.95. The fourth-order valence-electron chi connectivity index (χ4n) is 2.73. The largest absolute Gasteiger partial charge is 0.335 e. The number of hydrogen-bond donors (Lipinski definition) is 0. The summed E-state index contributed by atoms with van der Waals surface area (Å²) >= 11 is 0. The Balaban J connectivity index is 1.92. The van der Waals surface area contributed by atoms with Crippen LogP contribution < -0.4 is 0 Å². The van der Waals surface area contributed by atoms with Crippen molar-refractivity contribution in [2.45, 2.75) is 32.2 Å². The summed E-state index contributed by atoms with van der Waals surface area (Å²) in [6.07, 6.45) is 3.42. The molecule has 2 aromatic rings. The number of carbonyl (C=O) groups excluding carboxylic acids is 1. The number of carbonyl (C=O) groups is 1. The van der Waals surface area contributed by atoms with E-state index in [1.807, 2.05) is 41.3 Å². The standard InChI is InChI=1S/C16H18N2O/c1-12-6-4-5-11-18(12)16(19)15-10-9-13-7-2-3-8-14(13)17-15/h2-3,7-10,12H,4-6,11H2,1H3/t12-/m1/s1. The number of aromatic nitrogens is 1. The van der Waals surface area contributed by atoms with Crippen LogP contribution >= 0.6 is 0 Å². The first-order chi connectivity index (χ1) is 9.25. The van der Waals surface area contributed by atoms with Crippen molar-refractivity contribution in [2.75, 3.05) is 6.54 Å². The molecule has 0 saturated carbocycles. The summed E-state index contributed by atoms with van der Waals surface area (Å²) in [6.45, 7) is 2.98. The highest BCUT2D eigenvalue weighted by atomic mass is 16.2. The zero-order valence-electron chi connectivity index (χ0n) is 11.2. The molecule has 0 N–H and O–H groups in total. The third kappa shape index (κ3) is 2.33. The summed E-state index contributed by atoms with van der Waals surface area (Å²) in [7, 11) is 0. The van der Waals surface area contributed by atoms with Crippen molar-refractivity contribution in [1.82, 2.24) is 9.88 Å². The lowest BCUT2D eigenvalue weighted by molar-refractivity contribution is 0.0630. The van der Waals surface area contributed by atoms with Gasteiger partial charge in [0.2, 0.25) is 0 Å². The number of likely N-dealkylation sites (tertiary alicyclic amines) is 1. The van der Waals surface area contributed by atoms with E-state index in [2.05, 4.69) is 11.9 Å². The minimum atomic E-state index is 0.0675. The fraction of sp³-hybridized carbons (Fsp3) is 0.375. The SMILES string of the molecule is C[C@@H]1CCCCN1C(=O)c1ccc2ccccc2n1. The van der Waals surface area contributed by atoms with E-state index in [-0.39, 0.29) is 5.91 Å². The van der Waals surface area contributed by atoms with Gasteiger partial charge in [0.1, 0.15) is 5.69 Å². The van der Waals surface area contributed by atoms with Crippen LogP contribution in [0.1, 0.15) is 36.7 Å². The quantitative estimate of drug-likeness (QED) is 0.782. The third-order valence-electron chi connectivity index (χ3n) is 3.88. The van der Waals surface area contributed by atoms with Crippen molar-refractivity contribution in [3.63, 3.8) is 0 Å². The van der Waals surface area contributed by atoms with Crippen molar-refractivity contribution in [2.24, 2.45) is 0 Å². The topological polar surface area (TPSA) is 33.2 Å². The van der Waals surface area contributed by atoms with Gasteiger partial charge >= 0.3 is 0 Å². The van der Waals surface area contributed by atoms with Gasteiger partial charge in [-0.2, -0.15) is 0 Å². The van der Waals surface area contributed by atoms with E-state index in [9.17, 15) is 4.79 Å². The van der Waals surface area contributed by atoms with E-state index >= 15 is 0 Å². The van der Waals surface area contributed by atoms with Crippen molar-refractivity contribution < 1.29 is 4.79 Å². The number of hydrogen-bond acceptors (Lipinski definition) is 2. The van der Waals surface area contributed by atoms with Gasteiger partial charge in [-0.3, -0.25) is 4.79 Å². The summed E-state index contributed by atoms with van der Waals surface area (Å²) in [5.41, 5.74) is 1.45. The second-order valence-corrected chi connectivity index (χ2v) is 5.23. The average molecular weight is 254 g/mol. The molecule has 1 saturated heterocycles. The van der Waals surface area contributed by atoms with Gasteiger partial charge in [0.05, 0.1) is 5.52 Å². The number of rotatable bonds is 1. The first-order valence-corrected chi connectivity index (χ1v) is 6.92. The highest BCUT2D eigenvalue weighted by Gasteiger charge is 2.24. The van der Waals surface area contributed by atoms with Crippen LogP contribution in [0.25, 0.3) is 10.9 Å². The zero-order valence-corrected chi connectivity index (χ0v) is 11.2. The Labute approximate surface area is 113 Å². The van der Waals surface area contributed by atoms with Gasteiger partial charge < -0.3 is 4.90 Å². The van der Waals surface area contributed by atoms with E-state index in [0.717, 1.165) is 30.3 Å². The van der Waals surface area contributed by atoms with E-state index in [0.29, 0.717) is 11.7 Å². The smallest absolute Gasteiger partial charge is 0.272 e. The molecular formula is C16H18N2O. The molecule has 1 amide bonds. The molecule has 0 bridgehead atoms. The van der Waals surface area contributed by atoms with Gasteiger partial charge in [0.25, 0.3) is 5.91 Å². The van der Waals surface area contributed by atoms with Crippen LogP contribution in [-0.4, -0.2) is 28.4 Å². The molecule has 1 aliphatic rings. The molecule has 0 aliphatic carbocycles. The zero-order chi connectivity index (χ0) is 13.2. The lowest BCUT2D eigenvalue weighted by Crippen LogP contribution is -2.42. The normalized spacial score (nSPS) is 19.6. The molecule has 1 fully saturated rings. The monoisotopic (exact) mass is 254 g/mol. The van der Waals surface area contributed by atoms with Crippen molar-refractivity contribution in [1.29, 1.82) is 0 Å². The molecule has 3 nitrogen and oxygen atoms in total. The Hall–Kier alpha value is -1.90. The van der Waals surface area contributed by atoms with Gasteiger partial charge in [0, 0.05) is 18.0 Å². The minimum Gasteiger partial charge on any atom is -0.335 e. The Kier molecular flexibility index (Phi) is 3.20. The van der Waals surface area contributed by atoms with Crippen LogP contribution in [-0.2, 0) is 0 Å². The van der Waals surface area contributed by atoms with Crippen molar-refractivity contribution >= 4 is 16.8 Å². The lowest BCUT2D eigenvalue weighted by Gasteiger charge is -2.33. The predicted molar refractivity (Wildman–Crippen MR) is 76.1 cm³/mol. The number of pyridine rings is 1. The number of amides is 1. The molecule has 2 heterocycles. The number of nitrogens with zero attached hydrogens (tertiary/aromatic N) is 2. The van der Waals surface area contributed by atoms with Crippen LogP contribution in [0.3, 0.4) is 0 Å². The van der Waals surface area contributed by atoms with Gasteiger partial charge in [-0.15, -0.1) is 0 Å². The predicted octanol–water partition coefficient (Wildman–Crippen LogP) is 3.25. The third-order valence-corrected chi connectivity index (χ3v) is 3.88. The Morgan fingerprint density at radius 1 is 1.21 bits per heavy atom. The molecule has 1 aromatic heterocycles. The second-order valence-electron chi connectivity index (χ2n) is 5.23. The van der Waals surface area contributed by atoms with Crippen LogP contribution in [0.15, 0.2) is 36.4 Å². The van der Waals surface area contributed by atoms with Crippen LogP contribution in [0.2, 0.25) is 0 Å². The minimum absolute atomic E-state index is 0.0675. The molecule has 0 radical (unpaired) electrons. The Morgan fingerprint density at radius 2 is 2.05 bits per heavy atom. The van der Waals surface area contributed by atoms with Gasteiger partial charge in [-0.05, 0) is 38.3 Å². The Morgan fingerprint density at radius 3 is 2.89 bits per heavy atom. The molecule has 0 unspecified atom stereocenters. The highest BCUT2D eigenvalue weighted by Crippen LogP contribution is 2.20. The molecule has 1 atom stereocenters. The number of benzene rings is 1. The molecule has 98 valence electrons. The van der Waals surface area contributed by atoms with E-state index in [4.69, 9.17) is 0 Å². The molecule has 0 spiro atoms. The summed E-state index contributed by atoms with van der Waals surface area (Å²) < 4.78 is 0. The molecular weight excluding hydrogens is 236 g/mol. The first kappa shape index (κ1) is 12.2. The maximum Gasteiger partial charge on any atom is 0.272 e. The van der Waals surface area contributed by atoms with E-state index in [1.54, 1.807) is 0 Å². The number of fused-ring (bicyclic) bond motifs is 1. The molecule has 1 aliphatic heterocycles. The fourth-order valence-corrected chi connectivity index (χ4v) is 2.73. The summed E-state index contributed by atoms with van der Waals surface area (Å²) in [6, 6.07) is 12.0. The van der Waals surface area contributed by atoms with Crippen LogP contribution in [0, 0.1) is 0 Å². The van der Waals surface area contributed by atoms with E-state index in [1.165, 1.54) is 6.42 Å². The number of para-hydroxylation sites is 1. The van der Waals surface area contributed by atoms with Crippen LogP contribution in [0.4, 0.5) is 0 Å². The summed E-state index contributed by atoms with van der Waals surface area (Å²) in [5, 5.41) is 1.07. The Bertz CT molecular complexity index is 608. The van der Waals surface area contributed by atoms with Crippen molar-refractivity contribution in [3.8, 4) is 0 Å². The first-order valence-electron chi connectivity index (χ1n) is 6.92. The molecule has 3 rings (SSSR count). The van der Waals surface area contributed by atoms with E-state index < -0.39 is 0 Å². The molecule has 3 heteroatoms. The van der Waals surface area contributed by atoms with Gasteiger partial charge in [-0.25, -0.2) is 4.98 Å². The van der Waals surface area contributed by atoms with Crippen molar-refractivity contribution in [3.05, 3.63) is 42.1 Å². The second kappa shape index (κ2) is 5.00. The molecule has 1 aromatic carbocycles. The van der Waals surface area contributed by atoms with Gasteiger partial charge in [0.15, 0.2) is 0 Å². The van der Waals surface area contributed by atoms with Gasteiger partial charge in [-0.1, -0.05) is 24.3 Å². The summed E-state index contributed by atoms with van der Waals surface area (Å²) in [5.74, 6) is 0.0675. The number of piperidine rings is 1.